The van der Waals surface area contributed by atoms with Crippen LogP contribution in [0.5, 0.6) is 0 Å². The van der Waals surface area contributed by atoms with Gasteiger partial charge in [0.2, 0.25) is 0 Å². The molecule has 1 fully saturated rings. The molecule has 0 saturated carbocycles. The average Bonchev–Trinajstić information content (AvgIpc) is 2.48. The Morgan fingerprint density at radius 1 is 1.47 bits per heavy atom. The predicted molar refractivity (Wildman–Crippen MR) is 75.9 cm³/mol. The number of hydrogen-bond donors (Lipinski definition) is 0. The van der Waals surface area contributed by atoms with Crippen molar-refractivity contribution >= 4 is 6.09 Å². The summed E-state index contributed by atoms with van der Waals surface area (Å²) in [5.74, 6) is 0. The number of hydrogen-bond acceptors (Lipinski definition) is 3. The van der Waals surface area contributed by atoms with E-state index < -0.39 is 5.72 Å². The van der Waals surface area contributed by atoms with E-state index in [0.717, 1.165) is 12.8 Å². The van der Waals surface area contributed by atoms with Crippen molar-refractivity contribution in [2.75, 3.05) is 6.61 Å². The zero-order chi connectivity index (χ0) is 14.7. The molecule has 19 heavy (non-hydrogen) atoms. The largest absolute Gasteiger partial charge is 0.446 e. The third kappa shape index (κ3) is 3.72. The van der Waals surface area contributed by atoms with Crippen LogP contribution >= 0.6 is 0 Å². The Morgan fingerprint density at radius 2 is 2.11 bits per heavy atom. The van der Waals surface area contributed by atoms with Gasteiger partial charge < -0.3 is 9.47 Å². The summed E-state index contributed by atoms with van der Waals surface area (Å²) >= 11 is 0. The van der Waals surface area contributed by atoms with E-state index in [-0.39, 0.29) is 17.7 Å². The lowest BCUT2D eigenvalue weighted by molar-refractivity contribution is -0.0587. The van der Waals surface area contributed by atoms with Gasteiger partial charge in [-0.1, -0.05) is 19.4 Å². The highest BCUT2D eigenvalue weighted by Gasteiger charge is 2.49. The van der Waals surface area contributed by atoms with Crippen molar-refractivity contribution in [2.45, 2.75) is 71.2 Å². The Kier molecular flexibility index (Phi) is 5.02. The zero-order valence-corrected chi connectivity index (χ0v) is 12.9. The van der Waals surface area contributed by atoms with Crippen molar-refractivity contribution in [1.82, 2.24) is 4.90 Å². The molecule has 0 radical (unpaired) electrons. The first-order valence-electron chi connectivity index (χ1n) is 7.00. The second-order valence-corrected chi connectivity index (χ2v) is 6.20. The molecule has 0 unspecified atom stereocenters. The first-order chi connectivity index (χ1) is 8.74. The Labute approximate surface area is 116 Å². The number of carbonyl (C=O) groups excluding carboxylic acids is 1. The van der Waals surface area contributed by atoms with E-state index in [1.807, 2.05) is 27.7 Å². The smallest absolute Gasteiger partial charge is 0.412 e. The van der Waals surface area contributed by atoms with Gasteiger partial charge in [-0.3, -0.25) is 4.90 Å². The molecule has 1 heterocycles. The van der Waals surface area contributed by atoms with Crippen molar-refractivity contribution in [3.63, 3.8) is 0 Å². The van der Waals surface area contributed by atoms with Gasteiger partial charge in [0, 0.05) is 6.42 Å². The second kappa shape index (κ2) is 5.95. The van der Waals surface area contributed by atoms with Gasteiger partial charge in [0.25, 0.3) is 0 Å². The number of amides is 1. The van der Waals surface area contributed by atoms with Crippen LogP contribution in [0, 0.1) is 0 Å². The molecular formula is C15H27NO3. The second-order valence-electron chi connectivity index (χ2n) is 6.20. The van der Waals surface area contributed by atoms with Gasteiger partial charge in [-0.25, -0.2) is 4.79 Å². The SMILES string of the molecule is C=CC[C@@H](CCC)OC(=O)N1C(C)(C)COC1(C)C. The highest BCUT2D eigenvalue weighted by atomic mass is 16.6. The van der Waals surface area contributed by atoms with Gasteiger partial charge in [0.1, 0.15) is 11.8 Å². The molecule has 0 N–H and O–H groups in total. The summed E-state index contributed by atoms with van der Waals surface area (Å²) < 4.78 is 11.3. The lowest BCUT2D eigenvalue weighted by Crippen LogP contribution is -2.53. The fraction of sp³-hybridized carbons (Fsp3) is 0.800. The monoisotopic (exact) mass is 269 g/mol. The van der Waals surface area contributed by atoms with Crippen molar-refractivity contribution in [3.05, 3.63) is 12.7 Å². The van der Waals surface area contributed by atoms with Crippen LogP contribution in [0.3, 0.4) is 0 Å². The lowest BCUT2D eigenvalue weighted by atomic mass is 10.0. The van der Waals surface area contributed by atoms with Crippen LogP contribution in [-0.2, 0) is 9.47 Å². The normalized spacial score (nSPS) is 22.1. The van der Waals surface area contributed by atoms with Crippen molar-refractivity contribution in [2.24, 2.45) is 0 Å². The molecule has 4 nitrogen and oxygen atoms in total. The molecule has 110 valence electrons. The molecule has 0 spiro atoms. The van der Waals surface area contributed by atoms with E-state index >= 15 is 0 Å². The minimum atomic E-state index is -0.620. The van der Waals surface area contributed by atoms with E-state index in [1.54, 1.807) is 11.0 Å². The zero-order valence-electron chi connectivity index (χ0n) is 12.9. The van der Waals surface area contributed by atoms with Crippen LogP contribution < -0.4 is 0 Å². The summed E-state index contributed by atoms with van der Waals surface area (Å²) in [6, 6.07) is 0. The fourth-order valence-corrected chi connectivity index (χ4v) is 2.61. The van der Waals surface area contributed by atoms with E-state index in [1.165, 1.54) is 0 Å². The molecule has 0 bridgehead atoms. The molecule has 0 aromatic heterocycles. The summed E-state index contributed by atoms with van der Waals surface area (Å²) in [4.78, 5) is 14.1. The van der Waals surface area contributed by atoms with Gasteiger partial charge in [0.15, 0.2) is 0 Å². The third-order valence-electron chi connectivity index (χ3n) is 3.41. The molecule has 1 saturated heterocycles. The van der Waals surface area contributed by atoms with Crippen molar-refractivity contribution in [3.8, 4) is 0 Å². The Morgan fingerprint density at radius 3 is 2.53 bits per heavy atom. The molecule has 0 aromatic carbocycles. The maximum Gasteiger partial charge on any atom is 0.412 e. The Hall–Kier alpha value is -1.03. The summed E-state index contributed by atoms with van der Waals surface area (Å²) in [5, 5.41) is 0. The number of rotatable bonds is 5. The van der Waals surface area contributed by atoms with E-state index in [0.29, 0.717) is 13.0 Å². The van der Waals surface area contributed by atoms with E-state index in [2.05, 4.69) is 13.5 Å². The molecule has 4 heteroatoms. The highest BCUT2D eigenvalue weighted by Crippen LogP contribution is 2.35. The molecular weight excluding hydrogens is 242 g/mol. The minimum Gasteiger partial charge on any atom is -0.446 e. The van der Waals surface area contributed by atoms with Gasteiger partial charge in [-0.05, 0) is 34.1 Å². The van der Waals surface area contributed by atoms with Crippen LogP contribution in [0.15, 0.2) is 12.7 Å². The molecule has 0 aliphatic carbocycles. The molecule has 1 rings (SSSR count). The number of nitrogens with zero attached hydrogens (tertiary/aromatic N) is 1. The van der Waals surface area contributed by atoms with Crippen LogP contribution in [0.2, 0.25) is 0 Å². The first-order valence-corrected chi connectivity index (χ1v) is 7.00. The molecule has 0 aromatic rings. The van der Waals surface area contributed by atoms with Gasteiger partial charge in [-0.15, -0.1) is 6.58 Å². The number of ether oxygens (including phenoxy) is 2. The van der Waals surface area contributed by atoms with Crippen molar-refractivity contribution < 1.29 is 14.3 Å². The summed E-state index contributed by atoms with van der Waals surface area (Å²) in [6.45, 7) is 14.1. The summed E-state index contributed by atoms with van der Waals surface area (Å²) in [6.07, 6.45) is 3.93. The fourth-order valence-electron chi connectivity index (χ4n) is 2.61. The summed E-state index contributed by atoms with van der Waals surface area (Å²) in [7, 11) is 0. The highest BCUT2D eigenvalue weighted by molar-refractivity contribution is 5.70. The third-order valence-corrected chi connectivity index (χ3v) is 3.41. The van der Waals surface area contributed by atoms with Crippen LogP contribution in [0.1, 0.15) is 53.9 Å². The van der Waals surface area contributed by atoms with E-state index in [9.17, 15) is 4.79 Å². The quantitative estimate of drug-likeness (QED) is 0.714. The summed E-state index contributed by atoms with van der Waals surface area (Å²) in [5.41, 5.74) is -0.961. The van der Waals surface area contributed by atoms with Crippen LogP contribution in [0.25, 0.3) is 0 Å². The lowest BCUT2D eigenvalue weighted by Gasteiger charge is -2.37. The Bertz CT molecular complexity index is 320. The van der Waals surface area contributed by atoms with Gasteiger partial charge in [0.05, 0.1) is 12.1 Å². The van der Waals surface area contributed by atoms with Gasteiger partial charge >= 0.3 is 6.09 Å². The number of carbonyl (C=O) groups is 1. The first kappa shape index (κ1) is 16.0. The Balaban J connectivity index is 2.77. The maximum atomic E-state index is 12.4. The molecule has 1 amide bonds. The topological polar surface area (TPSA) is 38.8 Å². The van der Waals surface area contributed by atoms with Crippen LogP contribution in [-0.4, -0.2) is 35.0 Å². The average molecular weight is 269 g/mol. The predicted octanol–water partition coefficient (Wildman–Crippen LogP) is 3.71. The van der Waals surface area contributed by atoms with E-state index in [4.69, 9.17) is 9.47 Å². The molecule has 1 aliphatic heterocycles. The molecule has 1 aliphatic rings. The van der Waals surface area contributed by atoms with Crippen LogP contribution in [0.4, 0.5) is 4.79 Å². The van der Waals surface area contributed by atoms with Crippen molar-refractivity contribution in [1.29, 1.82) is 0 Å². The standard InChI is InChI=1S/C15H27NO3/c1-7-9-12(10-8-2)19-13(17)16-14(3,4)11-18-15(16,5)6/h7,12H,1,8-11H2,2-6H3/t12-/m0/s1. The molecule has 1 atom stereocenters. The maximum absolute atomic E-state index is 12.4. The minimum absolute atomic E-state index is 0.0952. The van der Waals surface area contributed by atoms with Gasteiger partial charge in [-0.2, -0.15) is 0 Å².